The van der Waals surface area contributed by atoms with Crippen molar-refractivity contribution in [3.63, 3.8) is 0 Å². The van der Waals surface area contributed by atoms with E-state index < -0.39 is 14.9 Å². The maximum Gasteiger partial charge on any atom is 0.269 e. The van der Waals surface area contributed by atoms with Crippen LogP contribution in [0.4, 0.5) is 5.69 Å². The monoisotopic (exact) mass is 282 g/mol. The Morgan fingerprint density at radius 3 is 2.47 bits per heavy atom. The number of non-ortho nitro benzene ring substituents is 1. The predicted molar refractivity (Wildman–Crippen MR) is 71.8 cm³/mol. The van der Waals surface area contributed by atoms with E-state index in [1.54, 1.807) is 0 Å². The van der Waals surface area contributed by atoms with Crippen LogP contribution in [-0.2, 0) is 15.8 Å². The highest BCUT2D eigenvalue weighted by Crippen LogP contribution is 2.13. The third-order valence-electron chi connectivity index (χ3n) is 2.32. The van der Waals surface area contributed by atoms with E-state index in [0.29, 0.717) is 24.9 Å². The number of hydrogen-bond acceptors (Lipinski definition) is 4. The Labute approximate surface area is 112 Å². The quantitative estimate of drug-likeness (QED) is 0.354. The number of sulfonamides is 1. The van der Waals surface area contributed by atoms with Gasteiger partial charge in [-0.3, -0.25) is 10.1 Å². The minimum atomic E-state index is -3.44. The second-order valence-corrected chi connectivity index (χ2v) is 5.69. The standard InChI is InChI=1S/C12H14N2O4S/c1-2-3-4-9-13-19(17,18)10-11-5-7-12(8-6-11)14(15)16/h1,5-8,13H,3-4,9-10H2. The summed E-state index contributed by atoms with van der Waals surface area (Å²) in [6.07, 6.45) is 6.15. The Kier molecular flexibility index (Phi) is 5.48. The lowest BCUT2D eigenvalue weighted by Gasteiger charge is -2.05. The van der Waals surface area contributed by atoms with Crippen LogP contribution in [-0.4, -0.2) is 19.9 Å². The van der Waals surface area contributed by atoms with Crippen molar-refractivity contribution in [2.75, 3.05) is 6.54 Å². The normalized spacial score (nSPS) is 10.9. The summed E-state index contributed by atoms with van der Waals surface area (Å²) in [5.41, 5.74) is 0.429. The second-order valence-electron chi connectivity index (χ2n) is 3.88. The Bertz CT molecular complexity index is 573. The van der Waals surface area contributed by atoms with E-state index >= 15 is 0 Å². The number of rotatable bonds is 7. The molecule has 0 spiro atoms. The second kappa shape index (κ2) is 6.87. The molecule has 0 bridgehead atoms. The van der Waals surface area contributed by atoms with Gasteiger partial charge in [0.15, 0.2) is 0 Å². The van der Waals surface area contributed by atoms with Crippen LogP contribution in [0.3, 0.4) is 0 Å². The molecule has 0 aliphatic rings. The molecule has 0 heterocycles. The zero-order valence-corrected chi connectivity index (χ0v) is 11.0. The molecule has 0 aliphatic carbocycles. The van der Waals surface area contributed by atoms with Crippen molar-refractivity contribution in [1.82, 2.24) is 4.72 Å². The van der Waals surface area contributed by atoms with Gasteiger partial charge in [-0.2, -0.15) is 0 Å². The van der Waals surface area contributed by atoms with Crippen molar-refractivity contribution in [2.24, 2.45) is 0 Å². The van der Waals surface area contributed by atoms with Gasteiger partial charge in [0.05, 0.1) is 10.7 Å². The Morgan fingerprint density at radius 2 is 1.95 bits per heavy atom. The lowest BCUT2D eigenvalue weighted by atomic mass is 10.2. The fourth-order valence-corrected chi connectivity index (χ4v) is 2.59. The summed E-state index contributed by atoms with van der Waals surface area (Å²) < 4.78 is 25.8. The van der Waals surface area contributed by atoms with Crippen LogP contribution >= 0.6 is 0 Å². The molecular weight excluding hydrogens is 268 g/mol. The number of hydrogen-bond donors (Lipinski definition) is 1. The number of nitrogens with zero attached hydrogens (tertiary/aromatic N) is 1. The molecule has 19 heavy (non-hydrogen) atoms. The molecule has 0 saturated carbocycles. The molecule has 0 saturated heterocycles. The molecule has 0 unspecified atom stereocenters. The van der Waals surface area contributed by atoms with Gasteiger partial charge in [0.1, 0.15) is 0 Å². The van der Waals surface area contributed by atoms with E-state index in [1.807, 2.05) is 0 Å². The Hall–Kier alpha value is -1.91. The van der Waals surface area contributed by atoms with E-state index in [0.717, 1.165) is 0 Å². The molecule has 1 aromatic rings. The average Bonchev–Trinajstić information content (AvgIpc) is 2.35. The molecule has 0 atom stereocenters. The maximum absolute atomic E-state index is 11.7. The molecule has 6 nitrogen and oxygen atoms in total. The first-order valence-electron chi connectivity index (χ1n) is 5.59. The summed E-state index contributed by atoms with van der Waals surface area (Å²) in [5, 5.41) is 10.5. The fraction of sp³-hybridized carbons (Fsp3) is 0.333. The van der Waals surface area contributed by atoms with Crippen LogP contribution in [0.2, 0.25) is 0 Å². The third-order valence-corrected chi connectivity index (χ3v) is 3.68. The van der Waals surface area contributed by atoms with Crippen LogP contribution in [0, 0.1) is 22.5 Å². The molecule has 0 radical (unpaired) electrons. The minimum Gasteiger partial charge on any atom is -0.258 e. The largest absolute Gasteiger partial charge is 0.269 e. The summed E-state index contributed by atoms with van der Waals surface area (Å²) in [6.45, 7) is 0.291. The smallest absolute Gasteiger partial charge is 0.258 e. The van der Waals surface area contributed by atoms with Crippen molar-refractivity contribution < 1.29 is 13.3 Å². The third kappa shape index (κ3) is 5.50. The van der Waals surface area contributed by atoms with Crippen LogP contribution in [0.15, 0.2) is 24.3 Å². The number of nitro groups is 1. The molecule has 0 aromatic heterocycles. The van der Waals surface area contributed by atoms with Crippen molar-refractivity contribution in [3.05, 3.63) is 39.9 Å². The van der Waals surface area contributed by atoms with Crippen molar-refractivity contribution in [1.29, 1.82) is 0 Å². The SMILES string of the molecule is C#CCCCNS(=O)(=O)Cc1ccc([N+](=O)[O-])cc1. The van der Waals surface area contributed by atoms with Crippen molar-refractivity contribution in [2.45, 2.75) is 18.6 Å². The average molecular weight is 282 g/mol. The van der Waals surface area contributed by atoms with Gasteiger partial charge in [-0.1, -0.05) is 12.1 Å². The molecule has 0 fully saturated rings. The summed E-state index contributed by atoms with van der Waals surface area (Å²) in [5.74, 6) is 2.21. The number of benzene rings is 1. The van der Waals surface area contributed by atoms with Gasteiger partial charge in [-0.15, -0.1) is 12.3 Å². The molecule has 1 N–H and O–H groups in total. The van der Waals surface area contributed by atoms with E-state index in [1.165, 1.54) is 24.3 Å². The van der Waals surface area contributed by atoms with Crippen LogP contribution < -0.4 is 4.72 Å². The molecule has 0 aliphatic heterocycles. The lowest BCUT2D eigenvalue weighted by Crippen LogP contribution is -2.26. The molecule has 1 rings (SSSR count). The number of nitrogens with one attached hydrogen (secondary N) is 1. The Balaban J connectivity index is 2.58. The van der Waals surface area contributed by atoms with E-state index in [-0.39, 0.29) is 11.4 Å². The topological polar surface area (TPSA) is 89.3 Å². The molecule has 7 heteroatoms. The summed E-state index contributed by atoms with van der Waals surface area (Å²) in [4.78, 5) is 9.93. The van der Waals surface area contributed by atoms with Gasteiger partial charge in [-0.05, 0) is 12.0 Å². The minimum absolute atomic E-state index is 0.0665. The van der Waals surface area contributed by atoms with Crippen LogP contribution in [0.1, 0.15) is 18.4 Å². The zero-order chi connectivity index (χ0) is 14.3. The number of nitro benzene ring substituents is 1. The summed E-state index contributed by atoms with van der Waals surface area (Å²) >= 11 is 0. The first kappa shape index (κ1) is 15.1. The predicted octanol–water partition coefficient (Wildman–Crippen LogP) is 1.43. The number of terminal acetylenes is 1. The molecule has 0 amide bonds. The van der Waals surface area contributed by atoms with Crippen LogP contribution in [0.25, 0.3) is 0 Å². The highest BCUT2D eigenvalue weighted by Gasteiger charge is 2.12. The van der Waals surface area contributed by atoms with Gasteiger partial charge in [-0.25, -0.2) is 13.1 Å². The summed E-state index contributed by atoms with van der Waals surface area (Å²) in [6, 6.07) is 5.42. The van der Waals surface area contributed by atoms with Gasteiger partial charge in [0.2, 0.25) is 10.0 Å². The first-order valence-corrected chi connectivity index (χ1v) is 7.24. The zero-order valence-electron chi connectivity index (χ0n) is 10.2. The number of unbranched alkanes of at least 4 members (excludes halogenated alkanes) is 1. The first-order chi connectivity index (χ1) is 8.94. The van der Waals surface area contributed by atoms with E-state index in [4.69, 9.17) is 6.42 Å². The van der Waals surface area contributed by atoms with Gasteiger partial charge >= 0.3 is 0 Å². The van der Waals surface area contributed by atoms with Gasteiger partial charge in [0, 0.05) is 25.1 Å². The van der Waals surface area contributed by atoms with Crippen molar-refractivity contribution >= 4 is 15.7 Å². The summed E-state index contributed by atoms with van der Waals surface area (Å²) in [7, 11) is -3.44. The molecular formula is C12H14N2O4S. The van der Waals surface area contributed by atoms with E-state index in [2.05, 4.69) is 10.6 Å². The fourth-order valence-electron chi connectivity index (χ4n) is 1.40. The molecule has 102 valence electrons. The highest BCUT2D eigenvalue weighted by molar-refractivity contribution is 7.88. The lowest BCUT2D eigenvalue weighted by molar-refractivity contribution is -0.384. The van der Waals surface area contributed by atoms with Gasteiger partial charge in [0.25, 0.3) is 5.69 Å². The highest BCUT2D eigenvalue weighted by atomic mass is 32.2. The van der Waals surface area contributed by atoms with Crippen molar-refractivity contribution in [3.8, 4) is 12.3 Å². The van der Waals surface area contributed by atoms with Crippen LogP contribution in [0.5, 0.6) is 0 Å². The van der Waals surface area contributed by atoms with E-state index in [9.17, 15) is 18.5 Å². The van der Waals surface area contributed by atoms with Gasteiger partial charge < -0.3 is 0 Å². The molecule has 1 aromatic carbocycles. The Morgan fingerprint density at radius 1 is 1.32 bits per heavy atom. The maximum atomic E-state index is 11.7.